The lowest BCUT2D eigenvalue weighted by Crippen LogP contribution is -2.43. The number of hydrogen-bond acceptors (Lipinski definition) is 7. The van der Waals surface area contributed by atoms with Crippen molar-refractivity contribution in [3.05, 3.63) is 54.4 Å². The van der Waals surface area contributed by atoms with Crippen molar-refractivity contribution < 1.29 is 18.7 Å². The van der Waals surface area contributed by atoms with E-state index in [1.807, 2.05) is 29.5 Å². The number of anilines is 1. The molecular weight excluding hydrogens is 537 g/mol. The summed E-state index contributed by atoms with van der Waals surface area (Å²) in [7, 11) is 0. The molecule has 5 rings (SSSR count). The van der Waals surface area contributed by atoms with Crippen molar-refractivity contribution in [1.29, 1.82) is 0 Å². The van der Waals surface area contributed by atoms with E-state index in [9.17, 15) is 14.0 Å². The third-order valence-corrected chi connectivity index (χ3v) is 8.09. The van der Waals surface area contributed by atoms with Crippen LogP contribution in [0.4, 0.5) is 10.3 Å². The highest BCUT2D eigenvalue weighted by Crippen LogP contribution is 2.27. The Kier molecular flexibility index (Phi) is 9.34. The molecular formula is C31H40FN7O3. The van der Waals surface area contributed by atoms with Gasteiger partial charge in [-0.25, -0.2) is 14.4 Å². The van der Waals surface area contributed by atoms with E-state index < -0.39 is 23.7 Å². The molecule has 0 saturated carbocycles. The van der Waals surface area contributed by atoms with Crippen LogP contribution < -0.4 is 15.4 Å². The molecule has 2 fully saturated rings. The first-order valence-corrected chi connectivity index (χ1v) is 14.9. The number of nitrogens with zero attached hydrogens (tertiary/aromatic N) is 6. The Labute approximate surface area is 246 Å². The molecule has 0 unspecified atom stereocenters. The molecule has 224 valence electrons. The Morgan fingerprint density at radius 1 is 1.07 bits per heavy atom. The number of primary amides is 1. The van der Waals surface area contributed by atoms with Crippen LogP contribution in [-0.2, 0) is 11.3 Å². The Morgan fingerprint density at radius 3 is 2.52 bits per heavy atom. The summed E-state index contributed by atoms with van der Waals surface area (Å²) in [6.45, 7) is 7.91. The summed E-state index contributed by atoms with van der Waals surface area (Å²) >= 11 is 0. The molecule has 1 aromatic carbocycles. The van der Waals surface area contributed by atoms with Gasteiger partial charge in [-0.15, -0.1) is 0 Å². The quantitative estimate of drug-likeness (QED) is 0.338. The smallest absolute Gasteiger partial charge is 0.257 e. The summed E-state index contributed by atoms with van der Waals surface area (Å²) in [5.74, 6) is 0.544. The van der Waals surface area contributed by atoms with E-state index in [2.05, 4.69) is 33.8 Å². The van der Waals surface area contributed by atoms with Gasteiger partial charge in [-0.05, 0) is 62.5 Å². The van der Waals surface area contributed by atoms with Gasteiger partial charge in [0.1, 0.15) is 17.6 Å². The van der Waals surface area contributed by atoms with E-state index >= 15 is 0 Å². The zero-order valence-electron chi connectivity index (χ0n) is 24.4. The second kappa shape index (κ2) is 13.3. The number of benzene rings is 1. The summed E-state index contributed by atoms with van der Waals surface area (Å²) in [6, 6.07) is 3.59. The molecule has 2 saturated heterocycles. The zero-order valence-corrected chi connectivity index (χ0v) is 24.4. The number of halogens is 1. The number of carbonyl (C=O) groups is 2. The summed E-state index contributed by atoms with van der Waals surface area (Å²) < 4.78 is 22.5. The first-order chi connectivity index (χ1) is 20.3. The van der Waals surface area contributed by atoms with E-state index in [0.717, 1.165) is 62.4 Å². The van der Waals surface area contributed by atoms with Crippen LogP contribution >= 0.6 is 0 Å². The van der Waals surface area contributed by atoms with Gasteiger partial charge in [-0.1, -0.05) is 13.8 Å². The molecule has 2 aliphatic heterocycles. The lowest BCUT2D eigenvalue weighted by molar-refractivity contribution is -0.121. The third kappa shape index (κ3) is 7.06. The second-order valence-corrected chi connectivity index (χ2v) is 11.7. The van der Waals surface area contributed by atoms with E-state index in [0.29, 0.717) is 43.6 Å². The van der Waals surface area contributed by atoms with Crippen molar-refractivity contribution in [2.75, 3.05) is 31.1 Å². The van der Waals surface area contributed by atoms with Crippen LogP contribution in [0, 0.1) is 17.7 Å². The fourth-order valence-electron chi connectivity index (χ4n) is 5.82. The molecule has 0 aliphatic carbocycles. The number of hydrogen-bond donors (Lipinski definition) is 1. The van der Waals surface area contributed by atoms with Crippen LogP contribution in [0.1, 0.15) is 62.7 Å². The maximum atomic E-state index is 14.7. The average Bonchev–Trinajstić information content (AvgIpc) is 3.66. The molecule has 11 heteroatoms. The zero-order chi connectivity index (χ0) is 29.6. The molecule has 2 aromatic heterocycles. The molecule has 10 nitrogen and oxygen atoms in total. The van der Waals surface area contributed by atoms with Gasteiger partial charge in [0.25, 0.3) is 5.91 Å². The first-order valence-electron chi connectivity index (χ1n) is 14.9. The molecule has 3 aromatic rings. The number of piperidine rings is 1. The van der Waals surface area contributed by atoms with Gasteiger partial charge < -0.3 is 20.3 Å². The topological polar surface area (TPSA) is 119 Å². The van der Waals surface area contributed by atoms with E-state index in [1.165, 1.54) is 17.0 Å². The van der Waals surface area contributed by atoms with Crippen molar-refractivity contribution in [3.8, 4) is 16.9 Å². The first kappa shape index (κ1) is 29.5. The second-order valence-electron chi connectivity index (χ2n) is 11.7. The number of aromatic nitrogens is 4. The van der Waals surface area contributed by atoms with Crippen molar-refractivity contribution in [3.63, 3.8) is 0 Å². The van der Waals surface area contributed by atoms with Gasteiger partial charge in [-0.2, -0.15) is 5.10 Å². The Morgan fingerprint density at radius 2 is 1.83 bits per heavy atom. The molecule has 0 radical (unpaired) electrons. The highest BCUT2D eigenvalue weighted by Gasteiger charge is 2.34. The SMILES string of the molecule is CC(C)Cn1cc(-c2cnc(N3CCC(CCCOc4ccc(C(=O)N5CCC[C@H]5C(N)=O)c(F)c4)CC3)nc2)cn1. The maximum Gasteiger partial charge on any atom is 0.257 e. The fraction of sp³-hybridized carbons (Fsp3) is 0.516. The minimum absolute atomic E-state index is 0.0707. The summed E-state index contributed by atoms with van der Waals surface area (Å²) in [5.41, 5.74) is 7.32. The fourth-order valence-corrected chi connectivity index (χ4v) is 5.82. The summed E-state index contributed by atoms with van der Waals surface area (Å²) in [5, 5.41) is 4.43. The number of likely N-dealkylation sites (tertiary alicyclic amines) is 1. The van der Waals surface area contributed by atoms with Gasteiger partial charge >= 0.3 is 0 Å². The maximum absolute atomic E-state index is 14.7. The van der Waals surface area contributed by atoms with Crippen LogP contribution in [0.5, 0.6) is 5.75 Å². The molecule has 4 heterocycles. The minimum atomic E-state index is -0.677. The largest absolute Gasteiger partial charge is 0.493 e. The van der Waals surface area contributed by atoms with E-state index in [1.54, 1.807) is 6.07 Å². The van der Waals surface area contributed by atoms with Crippen molar-refractivity contribution in [2.45, 2.75) is 65.0 Å². The summed E-state index contributed by atoms with van der Waals surface area (Å²) in [6.07, 6.45) is 12.8. The Balaban J connectivity index is 1.03. The monoisotopic (exact) mass is 577 g/mol. The van der Waals surface area contributed by atoms with E-state index in [4.69, 9.17) is 10.5 Å². The van der Waals surface area contributed by atoms with Crippen molar-refractivity contribution in [1.82, 2.24) is 24.6 Å². The predicted molar refractivity (Wildman–Crippen MR) is 157 cm³/mol. The molecule has 2 aliphatic rings. The van der Waals surface area contributed by atoms with Gasteiger partial charge in [0.2, 0.25) is 11.9 Å². The molecule has 1 atom stereocenters. The standard InChI is InChI=1S/C31H40FN7O3/c1-21(2)19-38-20-24(18-36-38)23-16-34-31(35-17-23)37-12-9-22(10-13-37)5-4-14-42-25-7-8-26(27(32)15-25)30(41)39-11-3-6-28(39)29(33)40/h7-8,15-18,20-22,28H,3-6,9-14,19H2,1-2H3,(H2,33,40)/t28-/m0/s1. The Bertz CT molecular complexity index is 1370. The van der Waals surface area contributed by atoms with Crippen LogP contribution in [-0.4, -0.2) is 68.7 Å². The Hall–Kier alpha value is -4.02. The molecule has 2 amide bonds. The van der Waals surface area contributed by atoms with Gasteiger partial charge in [0.05, 0.1) is 18.4 Å². The molecule has 2 N–H and O–H groups in total. The van der Waals surface area contributed by atoms with Crippen LogP contribution in [0.15, 0.2) is 43.0 Å². The normalized spacial score (nSPS) is 17.7. The third-order valence-electron chi connectivity index (χ3n) is 8.09. The number of rotatable bonds is 11. The molecule has 42 heavy (non-hydrogen) atoms. The number of nitrogens with two attached hydrogens (primary N) is 1. The van der Waals surface area contributed by atoms with Gasteiger partial charge in [-0.3, -0.25) is 14.3 Å². The van der Waals surface area contributed by atoms with E-state index in [-0.39, 0.29) is 5.56 Å². The number of carbonyl (C=O) groups excluding carboxylic acids is 2. The van der Waals surface area contributed by atoms with Crippen molar-refractivity contribution >= 4 is 17.8 Å². The highest BCUT2D eigenvalue weighted by atomic mass is 19.1. The molecule has 0 spiro atoms. The number of ether oxygens (including phenoxy) is 1. The van der Waals surface area contributed by atoms with Crippen LogP contribution in [0.2, 0.25) is 0 Å². The molecule has 0 bridgehead atoms. The summed E-state index contributed by atoms with van der Waals surface area (Å²) in [4.78, 5) is 37.2. The van der Waals surface area contributed by atoms with Crippen LogP contribution in [0.25, 0.3) is 11.1 Å². The van der Waals surface area contributed by atoms with Crippen molar-refractivity contribution in [2.24, 2.45) is 17.6 Å². The van der Waals surface area contributed by atoms with Gasteiger partial charge in [0.15, 0.2) is 0 Å². The predicted octanol–water partition coefficient (Wildman–Crippen LogP) is 4.30. The lowest BCUT2D eigenvalue weighted by Gasteiger charge is -2.32. The number of amides is 2. The average molecular weight is 578 g/mol. The van der Waals surface area contributed by atoms with Gasteiger partial charge in [0, 0.05) is 62.0 Å². The van der Waals surface area contributed by atoms with Crippen LogP contribution in [0.3, 0.4) is 0 Å². The minimum Gasteiger partial charge on any atom is -0.493 e. The highest BCUT2D eigenvalue weighted by molar-refractivity contribution is 5.98. The lowest BCUT2D eigenvalue weighted by atomic mass is 9.92.